The summed E-state index contributed by atoms with van der Waals surface area (Å²) in [6.07, 6.45) is 0. The Labute approximate surface area is 134 Å². The Morgan fingerprint density at radius 3 is 2.59 bits per heavy atom. The molecule has 0 radical (unpaired) electrons. The van der Waals surface area contributed by atoms with Gasteiger partial charge in [-0.25, -0.2) is 0 Å². The molecule has 0 aromatic heterocycles. The highest BCUT2D eigenvalue weighted by molar-refractivity contribution is 7.80. The predicted octanol–water partition coefficient (Wildman–Crippen LogP) is 0.661. The van der Waals surface area contributed by atoms with Crippen molar-refractivity contribution in [1.29, 1.82) is 0 Å². The molecule has 1 aromatic rings. The minimum atomic E-state index is -0.514. The number of amides is 1. The lowest BCUT2D eigenvalue weighted by Gasteiger charge is -2.13. The second-order valence-electron chi connectivity index (χ2n) is 4.09. The number of rotatable bonds is 7. The van der Waals surface area contributed by atoms with Gasteiger partial charge in [-0.3, -0.25) is 9.59 Å². The molecule has 3 N–H and O–H groups in total. The second kappa shape index (κ2) is 9.56. The number of anilines is 1. The molecule has 0 bridgehead atoms. The maximum Gasteiger partial charge on any atom is 0.325 e. The summed E-state index contributed by atoms with van der Waals surface area (Å²) in [4.78, 5) is 22.4. The monoisotopic (exact) mass is 325 g/mol. The van der Waals surface area contributed by atoms with E-state index in [1.807, 2.05) is 31.2 Å². The fourth-order valence-electron chi connectivity index (χ4n) is 1.48. The van der Waals surface area contributed by atoms with Crippen LogP contribution in [0.5, 0.6) is 5.75 Å². The van der Waals surface area contributed by atoms with Crippen molar-refractivity contribution in [2.45, 2.75) is 6.92 Å². The SMILES string of the molecule is CCOc1ccccc1NC(=S)NCC(=O)NCC(=O)OC. The molecule has 0 aliphatic heterocycles. The van der Waals surface area contributed by atoms with Crippen molar-refractivity contribution in [3.05, 3.63) is 24.3 Å². The third kappa shape index (κ3) is 6.40. The average Bonchev–Trinajstić information content (AvgIpc) is 2.52. The van der Waals surface area contributed by atoms with Crippen LogP contribution in [-0.4, -0.2) is 43.8 Å². The number of hydrogen-bond donors (Lipinski definition) is 3. The number of methoxy groups -OCH3 is 1. The summed E-state index contributed by atoms with van der Waals surface area (Å²) in [5, 5.41) is 8.37. The first-order valence-corrected chi connectivity index (χ1v) is 7.07. The average molecular weight is 325 g/mol. The van der Waals surface area contributed by atoms with Crippen LogP contribution < -0.4 is 20.7 Å². The number of thiocarbonyl (C=S) groups is 1. The third-order valence-electron chi connectivity index (χ3n) is 2.50. The van der Waals surface area contributed by atoms with Gasteiger partial charge in [0, 0.05) is 0 Å². The van der Waals surface area contributed by atoms with Gasteiger partial charge in [0.2, 0.25) is 5.91 Å². The van der Waals surface area contributed by atoms with Crippen molar-refractivity contribution in [3.8, 4) is 5.75 Å². The smallest absolute Gasteiger partial charge is 0.325 e. The summed E-state index contributed by atoms with van der Waals surface area (Å²) in [5.41, 5.74) is 0.705. The maximum absolute atomic E-state index is 11.5. The van der Waals surface area contributed by atoms with Crippen LogP contribution in [-0.2, 0) is 14.3 Å². The number of carbonyl (C=O) groups is 2. The zero-order chi connectivity index (χ0) is 16.4. The van der Waals surface area contributed by atoms with Crippen molar-refractivity contribution in [2.24, 2.45) is 0 Å². The topological polar surface area (TPSA) is 88.7 Å². The van der Waals surface area contributed by atoms with Crippen molar-refractivity contribution < 1.29 is 19.1 Å². The highest BCUT2D eigenvalue weighted by Gasteiger charge is 2.07. The Balaban J connectivity index is 2.40. The van der Waals surface area contributed by atoms with Crippen LogP contribution in [0.25, 0.3) is 0 Å². The van der Waals surface area contributed by atoms with Gasteiger partial charge in [0.15, 0.2) is 5.11 Å². The molecule has 0 saturated carbocycles. The quantitative estimate of drug-likeness (QED) is 0.501. The van der Waals surface area contributed by atoms with Gasteiger partial charge in [-0.1, -0.05) is 12.1 Å². The van der Waals surface area contributed by atoms with Gasteiger partial charge < -0.3 is 25.4 Å². The number of carbonyl (C=O) groups excluding carboxylic acids is 2. The molecule has 7 nitrogen and oxygen atoms in total. The van der Waals surface area contributed by atoms with Crippen LogP contribution in [0.3, 0.4) is 0 Å². The van der Waals surface area contributed by atoms with E-state index in [2.05, 4.69) is 20.7 Å². The third-order valence-corrected chi connectivity index (χ3v) is 2.75. The van der Waals surface area contributed by atoms with E-state index < -0.39 is 5.97 Å². The van der Waals surface area contributed by atoms with Crippen molar-refractivity contribution in [1.82, 2.24) is 10.6 Å². The van der Waals surface area contributed by atoms with E-state index in [0.717, 1.165) is 0 Å². The van der Waals surface area contributed by atoms with Gasteiger partial charge in [-0.2, -0.15) is 0 Å². The molecule has 0 aliphatic carbocycles. The summed E-state index contributed by atoms with van der Waals surface area (Å²) in [6.45, 7) is 2.19. The number of nitrogens with one attached hydrogen (secondary N) is 3. The Kier molecular flexibility index (Phi) is 7.69. The molecule has 0 fully saturated rings. The molecule has 0 heterocycles. The Morgan fingerprint density at radius 2 is 1.91 bits per heavy atom. The van der Waals surface area contributed by atoms with Gasteiger partial charge in [0.25, 0.3) is 0 Å². The number of para-hydroxylation sites is 2. The number of esters is 1. The van der Waals surface area contributed by atoms with Crippen molar-refractivity contribution in [2.75, 3.05) is 32.1 Å². The molecule has 0 aliphatic rings. The van der Waals surface area contributed by atoms with Crippen molar-refractivity contribution in [3.63, 3.8) is 0 Å². The van der Waals surface area contributed by atoms with E-state index in [0.29, 0.717) is 18.0 Å². The largest absolute Gasteiger partial charge is 0.492 e. The molecule has 8 heteroatoms. The fourth-order valence-corrected chi connectivity index (χ4v) is 1.67. The summed E-state index contributed by atoms with van der Waals surface area (Å²) in [7, 11) is 1.25. The fraction of sp³-hybridized carbons (Fsp3) is 0.357. The van der Waals surface area contributed by atoms with E-state index in [1.165, 1.54) is 7.11 Å². The molecule has 0 unspecified atom stereocenters. The second-order valence-corrected chi connectivity index (χ2v) is 4.50. The summed E-state index contributed by atoms with van der Waals surface area (Å²) < 4.78 is 9.88. The zero-order valence-corrected chi connectivity index (χ0v) is 13.3. The first-order valence-electron chi connectivity index (χ1n) is 6.67. The van der Waals surface area contributed by atoms with E-state index in [9.17, 15) is 9.59 Å². The van der Waals surface area contributed by atoms with Crippen molar-refractivity contribution >= 4 is 34.9 Å². The van der Waals surface area contributed by atoms with Gasteiger partial charge >= 0.3 is 5.97 Å². The standard InChI is InChI=1S/C14H19N3O4S/c1-3-21-11-7-5-4-6-10(11)17-14(22)16-8-12(18)15-9-13(19)20-2/h4-7H,3,8-9H2,1-2H3,(H,15,18)(H2,16,17,22). The lowest BCUT2D eigenvalue weighted by atomic mass is 10.3. The molecule has 22 heavy (non-hydrogen) atoms. The van der Waals surface area contributed by atoms with E-state index in [1.54, 1.807) is 0 Å². The minimum Gasteiger partial charge on any atom is -0.492 e. The predicted molar refractivity (Wildman–Crippen MR) is 86.9 cm³/mol. The first kappa shape index (κ1) is 17.7. The number of hydrogen-bond acceptors (Lipinski definition) is 5. The van der Waals surface area contributed by atoms with Crippen LogP contribution >= 0.6 is 12.2 Å². The molecule has 0 saturated heterocycles. The maximum atomic E-state index is 11.5. The van der Waals surface area contributed by atoms with Crippen LogP contribution in [0.15, 0.2) is 24.3 Å². The van der Waals surface area contributed by atoms with Gasteiger partial charge in [0.1, 0.15) is 12.3 Å². The van der Waals surface area contributed by atoms with Crippen LogP contribution in [0.2, 0.25) is 0 Å². The van der Waals surface area contributed by atoms with Crippen LogP contribution in [0.4, 0.5) is 5.69 Å². The first-order chi connectivity index (χ1) is 10.6. The molecule has 1 amide bonds. The van der Waals surface area contributed by atoms with E-state index >= 15 is 0 Å². The zero-order valence-electron chi connectivity index (χ0n) is 12.5. The van der Waals surface area contributed by atoms with Crippen LogP contribution in [0.1, 0.15) is 6.92 Å². The lowest BCUT2D eigenvalue weighted by molar-refractivity contribution is -0.141. The molecule has 0 spiro atoms. The van der Waals surface area contributed by atoms with E-state index in [4.69, 9.17) is 17.0 Å². The molecule has 1 rings (SSSR count). The summed E-state index contributed by atoms with van der Waals surface area (Å²) in [6, 6.07) is 7.33. The number of ether oxygens (including phenoxy) is 2. The highest BCUT2D eigenvalue weighted by Crippen LogP contribution is 2.23. The Bertz CT molecular complexity index is 537. The van der Waals surface area contributed by atoms with Crippen LogP contribution in [0, 0.1) is 0 Å². The van der Waals surface area contributed by atoms with Gasteiger partial charge in [-0.05, 0) is 31.3 Å². The summed E-state index contributed by atoms with van der Waals surface area (Å²) >= 11 is 5.11. The highest BCUT2D eigenvalue weighted by atomic mass is 32.1. The summed E-state index contributed by atoms with van der Waals surface area (Å²) in [5.74, 6) is -0.211. The normalized spacial score (nSPS) is 9.55. The molecular weight excluding hydrogens is 306 g/mol. The Morgan fingerprint density at radius 1 is 1.18 bits per heavy atom. The Hall–Kier alpha value is -2.35. The number of benzene rings is 1. The molecule has 0 atom stereocenters. The van der Waals surface area contributed by atoms with E-state index in [-0.39, 0.29) is 24.1 Å². The molecule has 120 valence electrons. The molecule has 1 aromatic carbocycles. The minimum absolute atomic E-state index is 0.0559. The lowest BCUT2D eigenvalue weighted by Crippen LogP contribution is -2.40. The van der Waals surface area contributed by atoms with Gasteiger partial charge in [-0.15, -0.1) is 0 Å². The molecular formula is C14H19N3O4S. The van der Waals surface area contributed by atoms with Gasteiger partial charge in [0.05, 0.1) is 25.9 Å².